The molecule has 17 heavy (non-hydrogen) atoms. The summed E-state index contributed by atoms with van der Waals surface area (Å²) >= 11 is 0. The van der Waals surface area contributed by atoms with Crippen LogP contribution in [0.2, 0.25) is 0 Å². The lowest BCUT2D eigenvalue weighted by Crippen LogP contribution is -1.93. The minimum absolute atomic E-state index is 0.00769. The van der Waals surface area contributed by atoms with E-state index in [1.54, 1.807) is 0 Å². The molecule has 0 saturated carbocycles. The Morgan fingerprint density at radius 3 is 2.12 bits per heavy atom. The number of phenolic OH excluding ortho intramolecular Hbond substituents is 1. The average molecular weight is 242 g/mol. The van der Waals surface area contributed by atoms with Crippen LogP contribution in [0.5, 0.6) is 5.75 Å². The minimum atomic E-state index is -1.49. The number of rotatable bonds is 0. The van der Waals surface area contributed by atoms with Gasteiger partial charge in [0, 0.05) is 5.39 Å². The summed E-state index contributed by atoms with van der Waals surface area (Å²) in [6.07, 6.45) is 0. The third-order valence-corrected chi connectivity index (χ3v) is 2.25. The summed E-state index contributed by atoms with van der Waals surface area (Å²) in [5, 5.41) is 9.36. The van der Waals surface area contributed by atoms with Gasteiger partial charge < -0.3 is 5.11 Å². The van der Waals surface area contributed by atoms with Crippen molar-refractivity contribution in [2.45, 2.75) is 20.8 Å². The van der Waals surface area contributed by atoms with E-state index >= 15 is 0 Å². The highest BCUT2D eigenvalue weighted by Crippen LogP contribution is 2.29. The van der Waals surface area contributed by atoms with Crippen LogP contribution in [0.15, 0.2) is 18.2 Å². The fraction of sp³-hybridized carbons (Fsp3) is 0.231. The lowest BCUT2D eigenvalue weighted by atomic mass is 10.0. The molecule has 0 fully saturated rings. The zero-order valence-corrected chi connectivity index (χ0v) is 9.81. The maximum Gasteiger partial charge on any atom is 0.195 e. The zero-order valence-electron chi connectivity index (χ0n) is 9.81. The van der Waals surface area contributed by atoms with E-state index in [0.717, 1.165) is 6.07 Å². The summed E-state index contributed by atoms with van der Waals surface area (Å²) in [6, 6.07) is 3.34. The Hall–Kier alpha value is -1.71. The first kappa shape index (κ1) is 13.4. The number of aryl methyl sites for hydroxylation is 1. The highest BCUT2D eigenvalue weighted by molar-refractivity contribution is 5.87. The Balaban J connectivity index is 0.000000686. The zero-order chi connectivity index (χ0) is 13.2. The van der Waals surface area contributed by atoms with Crippen molar-refractivity contribution in [1.29, 1.82) is 0 Å². The van der Waals surface area contributed by atoms with Crippen LogP contribution < -0.4 is 0 Å². The normalized spacial score (nSPS) is 10.0. The van der Waals surface area contributed by atoms with E-state index in [9.17, 15) is 18.3 Å². The number of fused-ring (bicyclic) bond motifs is 1. The van der Waals surface area contributed by atoms with E-state index in [-0.39, 0.29) is 16.5 Å². The Kier molecular flexibility index (Phi) is 3.99. The molecular weight excluding hydrogens is 229 g/mol. The van der Waals surface area contributed by atoms with Crippen LogP contribution in [0.3, 0.4) is 0 Å². The van der Waals surface area contributed by atoms with E-state index in [2.05, 4.69) is 0 Å². The molecule has 4 heteroatoms. The van der Waals surface area contributed by atoms with Crippen molar-refractivity contribution >= 4 is 10.8 Å². The lowest BCUT2D eigenvalue weighted by molar-refractivity contribution is 0.452. The molecule has 0 aliphatic carbocycles. The molecule has 2 aromatic rings. The largest absolute Gasteiger partial charge is 0.508 e. The van der Waals surface area contributed by atoms with Crippen molar-refractivity contribution in [2.24, 2.45) is 0 Å². The molecule has 2 aromatic carbocycles. The quantitative estimate of drug-likeness (QED) is 0.683. The summed E-state index contributed by atoms with van der Waals surface area (Å²) in [5.74, 6) is -4.07. The first-order chi connectivity index (χ1) is 8.00. The monoisotopic (exact) mass is 242 g/mol. The lowest BCUT2D eigenvalue weighted by Gasteiger charge is -2.06. The second-order valence-electron chi connectivity index (χ2n) is 3.35. The van der Waals surface area contributed by atoms with Crippen LogP contribution >= 0.6 is 0 Å². The SMILES string of the molecule is CC.Cc1cc(O)cc2cc(F)c(F)c(F)c12. The van der Waals surface area contributed by atoms with Gasteiger partial charge >= 0.3 is 0 Å². The summed E-state index contributed by atoms with van der Waals surface area (Å²) < 4.78 is 39.2. The van der Waals surface area contributed by atoms with Gasteiger partial charge in [0.25, 0.3) is 0 Å². The van der Waals surface area contributed by atoms with Gasteiger partial charge in [0.2, 0.25) is 0 Å². The summed E-state index contributed by atoms with van der Waals surface area (Å²) in [5.41, 5.74) is 0.362. The van der Waals surface area contributed by atoms with Crippen LogP contribution in [0, 0.1) is 24.4 Å². The standard InChI is InChI=1S/C11H7F3O.C2H6/c1-5-2-7(15)3-6-4-8(12)10(13)11(14)9(5)6;1-2/h2-4,15H,1H3;1-2H3. The number of aromatic hydroxyl groups is 1. The molecule has 92 valence electrons. The molecule has 0 amide bonds. The van der Waals surface area contributed by atoms with Gasteiger partial charge in [0.05, 0.1) is 0 Å². The molecule has 0 saturated heterocycles. The maximum atomic E-state index is 13.4. The molecule has 0 spiro atoms. The summed E-state index contributed by atoms with van der Waals surface area (Å²) in [6.45, 7) is 5.52. The molecule has 0 aliphatic heterocycles. The Labute approximate surface area is 97.5 Å². The molecule has 0 bridgehead atoms. The van der Waals surface area contributed by atoms with Crippen LogP contribution in [0.1, 0.15) is 19.4 Å². The molecule has 2 rings (SSSR count). The van der Waals surface area contributed by atoms with Gasteiger partial charge in [-0.25, -0.2) is 13.2 Å². The van der Waals surface area contributed by atoms with Crippen molar-refractivity contribution < 1.29 is 18.3 Å². The van der Waals surface area contributed by atoms with Crippen LogP contribution in [-0.2, 0) is 0 Å². The van der Waals surface area contributed by atoms with Crippen molar-refractivity contribution in [3.05, 3.63) is 41.2 Å². The average Bonchev–Trinajstić information content (AvgIpc) is 2.27. The minimum Gasteiger partial charge on any atom is -0.508 e. The fourth-order valence-corrected chi connectivity index (χ4v) is 1.62. The van der Waals surface area contributed by atoms with Gasteiger partial charge in [0.1, 0.15) is 5.75 Å². The topological polar surface area (TPSA) is 20.2 Å². The first-order valence-electron chi connectivity index (χ1n) is 5.27. The molecule has 1 nitrogen and oxygen atoms in total. The van der Waals surface area contributed by atoms with Gasteiger partial charge in [0.15, 0.2) is 17.5 Å². The van der Waals surface area contributed by atoms with Crippen molar-refractivity contribution in [1.82, 2.24) is 0 Å². The molecule has 0 aliphatic rings. The second kappa shape index (κ2) is 5.08. The van der Waals surface area contributed by atoms with E-state index in [1.165, 1.54) is 19.1 Å². The molecule has 0 unspecified atom stereocenters. The van der Waals surface area contributed by atoms with Gasteiger partial charge in [-0.1, -0.05) is 13.8 Å². The van der Waals surface area contributed by atoms with E-state index in [4.69, 9.17) is 0 Å². The molecule has 0 atom stereocenters. The highest BCUT2D eigenvalue weighted by Gasteiger charge is 2.15. The summed E-state index contributed by atoms with van der Waals surface area (Å²) in [4.78, 5) is 0. The molecule has 0 radical (unpaired) electrons. The molecule has 0 aromatic heterocycles. The number of phenols is 1. The van der Waals surface area contributed by atoms with Gasteiger partial charge in [-0.2, -0.15) is 0 Å². The molecule has 0 heterocycles. The predicted molar refractivity (Wildman–Crippen MR) is 61.6 cm³/mol. The smallest absolute Gasteiger partial charge is 0.195 e. The van der Waals surface area contributed by atoms with Gasteiger partial charge in [-0.05, 0) is 36.1 Å². The third kappa shape index (κ3) is 2.35. The van der Waals surface area contributed by atoms with Crippen molar-refractivity contribution in [3.8, 4) is 5.75 Å². The molecular formula is C13H13F3O. The van der Waals surface area contributed by atoms with Crippen LogP contribution in [0.25, 0.3) is 10.8 Å². The fourth-order valence-electron chi connectivity index (χ4n) is 1.62. The van der Waals surface area contributed by atoms with E-state index in [1.807, 2.05) is 13.8 Å². The summed E-state index contributed by atoms with van der Waals surface area (Å²) in [7, 11) is 0. The van der Waals surface area contributed by atoms with E-state index < -0.39 is 17.5 Å². The van der Waals surface area contributed by atoms with Gasteiger partial charge in [-0.15, -0.1) is 0 Å². The number of halogens is 3. The highest BCUT2D eigenvalue weighted by atomic mass is 19.2. The Morgan fingerprint density at radius 1 is 0.941 bits per heavy atom. The number of hydrogen-bond acceptors (Lipinski definition) is 1. The second-order valence-corrected chi connectivity index (χ2v) is 3.35. The van der Waals surface area contributed by atoms with Crippen LogP contribution in [-0.4, -0.2) is 5.11 Å². The first-order valence-corrected chi connectivity index (χ1v) is 5.27. The van der Waals surface area contributed by atoms with Crippen molar-refractivity contribution in [2.75, 3.05) is 0 Å². The Bertz CT molecular complexity index is 550. The van der Waals surface area contributed by atoms with Crippen molar-refractivity contribution in [3.63, 3.8) is 0 Å². The number of hydrogen-bond donors (Lipinski definition) is 1. The predicted octanol–water partition coefficient (Wildman–Crippen LogP) is 4.30. The Morgan fingerprint density at radius 2 is 1.53 bits per heavy atom. The third-order valence-electron chi connectivity index (χ3n) is 2.25. The van der Waals surface area contributed by atoms with E-state index in [0.29, 0.717) is 5.56 Å². The number of benzene rings is 2. The maximum absolute atomic E-state index is 13.4. The molecule has 1 N–H and O–H groups in total. The van der Waals surface area contributed by atoms with Gasteiger partial charge in [-0.3, -0.25) is 0 Å². The van der Waals surface area contributed by atoms with Crippen LogP contribution in [0.4, 0.5) is 13.2 Å².